The van der Waals surface area contributed by atoms with E-state index < -0.39 is 10.0 Å². The number of hydrogen-bond acceptors (Lipinski definition) is 4. The van der Waals surface area contributed by atoms with Gasteiger partial charge in [0.05, 0.1) is 18.0 Å². The lowest BCUT2D eigenvalue weighted by atomic mass is 9.99. The molecule has 0 saturated heterocycles. The van der Waals surface area contributed by atoms with E-state index in [1.165, 1.54) is 0 Å². The van der Waals surface area contributed by atoms with Crippen molar-refractivity contribution in [2.75, 3.05) is 12.4 Å². The first-order valence-electron chi connectivity index (χ1n) is 8.30. The predicted molar refractivity (Wildman–Crippen MR) is 104 cm³/mol. The van der Waals surface area contributed by atoms with Gasteiger partial charge in [-0.3, -0.25) is 4.84 Å². The van der Waals surface area contributed by atoms with Gasteiger partial charge in [0, 0.05) is 0 Å². The third kappa shape index (κ3) is 5.57. The third-order valence-electron chi connectivity index (χ3n) is 4.07. The van der Waals surface area contributed by atoms with E-state index in [-0.39, 0.29) is 17.4 Å². The summed E-state index contributed by atoms with van der Waals surface area (Å²) in [6.07, 6.45) is 0. The minimum atomic E-state index is -3.74. The molecule has 6 heteroatoms. The smallest absolute Gasteiger partial charge is 0.265 e. The fraction of sp³-hybridized carbons (Fsp3) is 0.368. The summed E-state index contributed by atoms with van der Waals surface area (Å²) in [5.41, 5.74) is 0.869. The number of hydrogen-bond donors (Lipinski definition) is 1. The number of rotatable bonds is 9. The van der Waals surface area contributed by atoms with Gasteiger partial charge in [-0.2, -0.15) is 12.6 Å². The Morgan fingerprint density at radius 3 is 2.08 bits per heavy atom. The van der Waals surface area contributed by atoms with Crippen LogP contribution in [-0.4, -0.2) is 25.2 Å². The fourth-order valence-electron chi connectivity index (χ4n) is 2.28. The highest BCUT2D eigenvalue weighted by atomic mass is 32.2. The van der Waals surface area contributed by atoms with E-state index in [0.29, 0.717) is 18.3 Å². The Hall–Kier alpha value is -1.34. The van der Waals surface area contributed by atoms with Crippen LogP contribution in [0.5, 0.6) is 0 Å². The van der Waals surface area contributed by atoms with Crippen molar-refractivity contribution >= 4 is 22.7 Å². The average molecular weight is 380 g/mol. The van der Waals surface area contributed by atoms with E-state index >= 15 is 0 Å². The van der Waals surface area contributed by atoms with Crippen LogP contribution in [0.15, 0.2) is 65.6 Å². The zero-order chi connectivity index (χ0) is 18.3. The molecule has 0 aliphatic heterocycles. The quantitative estimate of drug-likeness (QED) is 0.529. The van der Waals surface area contributed by atoms with Crippen LogP contribution in [0, 0.1) is 11.8 Å². The lowest BCUT2D eigenvalue weighted by Crippen LogP contribution is -2.34. The van der Waals surface area contributed by atoms with Gasteiger partial charge in [-0.15, -0.1) is 0 Å². The lowest BCUT2D eigenvalue weighted by molar-refractivity contribution is -0.107. The number of hydroxylamine groups is 1. The van der Waals surface area contributed by atoms with Gasteiger partial charge in [-0.1, -0.05) is 66.8 Å². The third-order valence-corrected chi connectivity index (χ3v) is 6.18. The van der Waals surface area contributed by atoms with Crippen LogP contribution in [0.1, 0.15) is 19.4 Å². The van der Waals surface area contributed by atoms with E-state index in [9.17, 15) is 8.42 Å². The molecule has 0 aliphatic carbocycles. The molecule has 0 N–H and O–H groups in total. The summed E-state index contributed by atoms with van der Waals surface area (Å²) >= 11 is 4.35. The Bertz CT molecular complexity index is 734. The van der Waals surface area contributed by atoms with Gasteiger partial charge in [0.2, 0.25) is 0 Å². The monoisotopic (exact) mass is 379 g/mol. The van der Waals surface area contributed by atoms with Crippen LogP contribution < -0.4 is 0 Å². The molecule has 0 amide bonds. The maximum absolute atomic E-state index is 13.0. The van der Waals surface area contributed by atoms with Gasteiger partial charge < -0.3 is 0 Å². The molecule has 0 fully saturated rings. The number of thiol groups is 1. The minimum Gasteiger partial charge on any atom is -0.283 e. The van der Waals surface area contributed by atoms with Crippen molar-refractivity contribution in [2.24, 2.45) is 11.8 Å². The second-order valence-corrected chi connectivity index (χ2v) is 8.44. The van der Waals surface area contributed by atoms with E-state index in [4.69, 9.17) is 4.84 Å². The summed E-state index contributed by atoms with van der Waals surface area (Å²) < 4.78 is 27.1. The summed E-state index contributed by atoms with van der Waals surface area (Å²) in [5, 5.41) is 0. The topological polar surface area (TPSA) is 46.6 Å². The Morgan fingerprint density at radius 1 is 1.00 bits per heavy atom. The maximum Gasteiger partial charge on any atom is 0.265 e. The van der Waals surface area contributed by atoms with E-state index in [1.807, 2.05) is 30.3 Å². The second-order valence-electron chi connectivity index (χ2n) is 6.25. The molecular weight excluding hydrogens is 354 g/mol. The minimum absolute atomic E-state index is 0.162. The van der Waals surface area contributed by atoms with E-state index in [1.54, 1.807) is 30.3 Å². The van der Waals surface area contributed by atoms with Crippen LogP contribution in [0.4, 0.5) is 0 Å². The molecule has 1 atom stereocenters. The summed E-state index contributed by atoms with van der Waals surface area (Å²) in [6.45, 7) is 4.63. The van der Waals surface area contributed by atoms with E-state index in [0.717, 1.165) is 10.0 Å². The van der Waals surface area contributed by atoms with Crippen molar-refractivity contribution in [1.82, 2.24) is 4.47 Å². The number of benzene rings is 2. The molecule has 0 heterocycles. The molecule has 0 aromatic heterocycles. The van der Waals surface area contributed by atoms with Crippen LogP contribution >= 0.6 is 12.6 Å². The second kappa shape index (κ2) is 9.38. The summed E-state index contributed by atoms with van der Waals surface area (Å²) in [7, 11) is -3.74. The fourth-order valence-corrected chi connectivity index (χ4v) is 4.06. The van der Waals surface area contributed by atoms with Crippen molar-refractivity contribution in [2.45, 2.75) is 25.3 Å². The zero-order valence-corrected chi connectivity index (χ0v) is 16.3. The molecule has 0 unspecified atom stereocenters. The molecule has 0 saturated carbocycles. The molecule has 0 bridgehead atoms. The summed E-state index contributed by atoms with van der Waals surface area (Å²) in [5.74, 6) is 1.17. The van der Waals surface area contributed by atoms with Crippen molar-refractivity contribution in [1.29, 1.82) is 0 Å². The first-order valence-corrected chi connectivity index (χ1v) is 10.4. The molecule has 2 rings (SSSR count). The van der Waals surface area contributed by atoms with E-state index in [2.05, 4.69) is 26.5 Å². The van der Waals surface area contributed by atoms with Gasteiger partial charge in [0.15, 0.2) is 0 Å². The zero-order valence-electron chi connectivity index (χ0n) is 14.6. The summed E-state index contributed by atoms with van der Waals surface area (Å²) in [4.78, 5) is 6.00. The first-order chi connectivity index (χ1) is 11.9. The van der Waals surface area contributed by atoms with Gasteiger partial charge in [0.1, 0.15) is 0 Å². The van der Waals surface area contributed by atoms with Crippen LogP contribution in [0.25, 0.3) is 0 Å². The summed E-state index contributed by atoms with van der Waals surface area (Å²) in [6, 6.07) is 17.8. The molecule has 0 spiro atoms. The van der Waals surface area contributed by atoms with Crippen molar-refractivity contribution in [3.05, 3.63) is 66.2 Å². The molecule has 0 aliphatic rings. The molecule has 0 radical (unpaired) electrons. The Morgan fingerprint density at radius 2 is 1.56 bits per heavy atom. The standard InChI is InChI=1S/C19H25NO3S2/c1-16(2)18(15-24)14-23-20(13-17-9-5-3-6-10-17)25(21,22)19-11-7-4-8-12-19/h3-12,16,18,24H,13-15H2,1-2H3/t18-/m0/s1. The Kier molecular flexibility index (Phi) is 7.50. The van der Waals surface area contributed by atoms with Crippen LogP contribution in [0.2, 0.25) is 0 Å². The lowest BCUT2D eigenvalue weighted by Gasteiger charge is -2.25. The number of sulfonamides is 1. The van der Waals surface area contributed by atoms with Gasteiger partial charge >= 0.3 is 0 Å². The van der Waals surface area contributed by atoms with Crippen LogP contribution in [-0.2, 0) is 21.4 Å². The molecule has 136 valence electrons. The van der Waals surface area contributed by atoms with Gasteiger partial charge in [-0.25, -0.2) is 8.42 Å². The van der Waals surface area contributed by atoms with Crippen molar-refractivity contribution in [3.8, 4) is 0 Å². The molecular formula is C19H25NO3S2. The van der Waals surface area contributed by atoms with Gasteiger partial charge in [0.25, 0.3) is 10.0 Å². The number of nitrogens with zero attached hydrogens (tertiary/aromatic N) is 1. The largest absolute Gasteiger partial charge is 0.283 e. The Labute approximate surface area is 156 Å². The van der Waals surface area contributed by atoms with Crippen molar-refractivity contribution < 1.29 is 13.3 Å². The first kappa shape index (κ1) is 20.0. The van der Waals surface area contributed by atoms with Gasteiger partial charge in [-0.05, 0) is 35.3 Å². The van der Waals surface area contributed by atoms with Crippen LogP contribution in [0.3, 0.4) is 0 Å². The average Bonchev–Trinajstić information content (AvgIpc) is 2.62. The van der Waals surface area contributed by atoms with Crippen molar-refractivity contribution in [3.63, 3.8) is 0 Å². The SMILES string of the molecule is CC(C)[C@H](CS)CON(Cc1ccccc1)S(=O)(=O)c1ccccc1. The molecule has 2 aromatic carbocycles. The molecule has 4 nitrogen and oxygen atoms in total. The molecule has 25 heavy (non-hydrogen) atoms. The highest BCUT2D eigenvalue weighted by molar-refractivity contribution is 7.89. The normalized spacial score (nSPS) is 13.3. The Balaban J connectivity index is 2.25. The predicted octanol–water partition coefficient (Wildman–Crippen LogP) is 4.01. The maximum atomic E-state index is 13.0. The molecule has 2 aromatic rings. The highest BCUT2D eigenvalue weighted by Gasteiger charge is 2.27. The highest BCUT2D eigenvalue weighted by Crippen LogP contribution is 2.21.